The molecular formula is C8H19N3O. The number of nitrogens with two attached hydrogens (primary N) is 2. The first-order valence-electron chi connectivity index (χ1n) is 4.61. The van der Waals surface area contributed by atoms with Crippen LogP contribution in [0.5, 0.6) is 0 Å². The second-order valence-electron chi connectivity index (χ2n) is 3.32. The standard InChI is InChI=1S/C8H19N3O/c9-8(10)3-1-2-7-6-12-5-4-11-7/h7-8,11H,1-6,9-10H2. The fourth-order valence-corrected chi connectivity index (χ4v) is 1.41. The van der Waals surface area contributed by atoms with Crippen molar-refractivity contribution < 1.29 is 4.74 Å². The monoisotopic (exact) mass is 173 g/mol. The zero-order valence-corrected chi connectivity index (χ0v) is 7.46. The Morgan fingerprint density at radius 1 is 1.50 bits per heavy atom. The molecular weight excluding hydrogens is 154 g/mol. The molecule has 12 heavy (non-hydrogen) atoms. The summed E-state index contributed by atoms with van der Waals surface area (Å²) in [6.07, 6.45) is 2.94. The van der Waals surface area contributed by atoms with Crippen molar-refractivity contribution in [2.75, 3.05) is 19.8 Å². The summed E-state index contributed by atoms with van der Waals surface area (Å²) in [7, 11) is 0. The quantitative estimate of drug-likeness (QED) is 0.496. The van der Waals surface area contributed by atoms with Crippen molar-refractivity contribution in [1.29, 1.82) is 0 Å². The van der Waals surface area contributed by atoms with Crippen LogP contribution in [-0.4, -0.2) is 32.0 Å². The van der Waals surface area contributed by atoms with Gasteiger partial charge in [-0.25, -0.2) is 0 Å². The topological polar surface area (TPSA) is 73.3 Å². The molecule has 0 bridgehead atoms. The summed E-state index contributed by atoms with van der Waals surface area (Å²) in [5, 5.41) is 3.39. The lowest BCUT2D eigenvalue weighted by molar-refractivity contribution is 0.0732. The van der Waals surface area contributed by atoms with Crippen molar-refractivity contribution in [2.24, 2.45) is 11.5 Å². The van der Waals surface area contributed by atoms with Crippen LogP contribution in [0, 0.1) is 0 Å². The first kappa shape index (κ1) is 9.92. The Kier molecular flexibility index (Phi) is 4.53. The van der Waals surface area contributed by atoms with Crippen molar-refractivity contribution >= 4 is 0 Å². The van der Waals surface area contributed by atoms with Crippen LogP contribution in [0.4, 0.5) is 0 Å². The molecule has 5 N–H and O–H groups in total. The van der Waals surface area contributed by atoms with E-state index in [1.54, 1.807) is 0 Å². The normalized spacial score (nSPS) is 24.8. The van der Waals surface area contributed by atoms with Gasteiger partial charge in [-0.05, 0) is 19.3 Å². The molecule has 1 unspecified atom stereocenters. The lowest BCUT2D eigenvalue weighted by atomic mass is 10.1. The molecule has 1 atom stereocenters. The molecule has 0 saturated carbocycles. The summed E-state index contributed by atoms with van der Waals surface area (Å²) in [6.45, 7) is 2.64. The van der Waals surface area contributed by atoms with E-state index in [9.17, 15) is 0 Å². The summed E-state index contributed by atoms with van der Waals surface area (Å²) < 4.78 is 5.31. The van der Waals surface area contributed by atoms with Gasteiger partial charge in [-0.15, -0.1) is 0 Å². The molecule has 72 valence electrons. The largest absolute Gasteiger partial charge is 0.379 e. The van der Waals surface area contributed by atoms with Gasteiger partial charge in [-0.3, -0.25) is 0 Å². The minimum atomic E-state index is -0.158. The molecule has 1 aliphatic heterocycles. The molecule has 4 nitrogen and oxygen atoms in total. The van der Waals surface area contributed by atoms with Crippen LogP contribution in [0.15, 0.2) is 0 Å². The van der Waals surface area contributed by atoms with Crippen molar-refractivity contribution in [3.8, 4) is 0 Å². The van der Waals surface area contributed by atoms with Crippen molar-refractivity contribution in [3.63, 3.8) is 0 Å². The predicted octanol–water partition coefficient (Wildman–Crippen LogP) is -0.611. The summed E-state index contributed by atoms with van der Waals surface area (Å²) in [5.74, 6) is 0. The maximum Gasteiger partial charge on any atom is 0.0620 e. The molecule has 0 radical (unpaired) electrons. The number of rotatable bonds is 4. The number of ether oxygens (including phenoxy) is 1. The second-order valence-corrected chi connectivity index (χ2v) is 3.32. The Labute approximate surface area is 73.6 Å². The van der Waals surface area contributed by atoms with Gasteiger partial charge >= 0.3 is 0 Å². The zero-order chi connectivity index (χ0) is 8.81. The van der Waals surface area contributed by atoms with Crippen LogP contribution in [0.25, 0.3) is 0 Å². The summed E-state index contributed by atoms with van der Waals surface area (Å²) in [5.41, 5.74) is 10.9. The lowest BCUT2D eigenvalue weighted by Gasteiger charge is -2.23. The lowest BCUT2D eigenvalue weighted by Crippen LogP contribution is -2.41. The van der Waals surface area contributed by atoms with E-state index in [1.165, 1.54) is 0 Å². The number of hydrogen-bond acceptors (Lipinski definition) is 4. The third kappa shape index (κ3) is 4.01. The first-order chi connectivity index (χ1) is 5.79. The average Bonchev–Trinajstić information content (AvgIpc) is 2.05. The molecule has 0 amide bonds. The molecule has 4 heteroatoms. The van der Waals surface area contributed by atoms with Crippen LogP contribution >= 0.6 is 0 Å². The highest BCUT2D eigenvalue weighted by molar-refractivity contribution is 4.70. The molecule has 0 aromatic heterocycles. The molecule has 0 spiro atoms. The van der Waals surface area contributed by atoms with Gasteiger partial charge < -0.3 is 21.5 Å². The maximum atomic E-state index is 5.43. The predicted molar refractivity (Wildman–Crippen MR) is 48.6 cm³/mol. The van der Waals surface area contributed by atoms with Gasteiger partial charge in [0.05, 0.1) is 19.4 Å². The van der Waals surface area contributed by atoms with Gasteiger partial charge in [0.25, 0.3) is 0 Å². The third-order valence-corrected chi connectivity index (χ3v) is 2.09. The Hall–Kier alpha value is -0.160. The third-order valence-electron chi connectivity index (χ3n) is 2.09. The maximum absolute atomic E-state index is 5.43. The van der Waals surface area contributed by atoms with Gasteiger partial charge in [-0.2, -0.15) is 0 Å². The van der Waals surface area contributed by atoms with E-state index >= 15 is 0 Å². The van der Waals surface area contributed by atoms with Crippen LogP contribution < -0.4 is 16.8 Å². The van der Waals surface area contributed by atoms with Crippen molar-refractivity contribution in [2.45, 2.75) is 31.5 Å². The molecule has 1 rings (SSSR count). The van der Waals surface area contributed by atoms with Gasteiger partial charge in [0.1, 0.15) is 0 Å². The molecule has 0 aliphatic carbocycles. The van der Waals surface area contributed by atoms with Crippen molar-refractivity contribution in [3.05, 3.63) is 0 Å². The summed E-state index contributed by atoms with van der Waals surface area (Å²) in [4.78, 5) is 0. The van der Waals surface area contributed by atoms with Gasteiger partial charge in [0.2, 0.25) is 0 Å². The van der Waals surface area contributed by atoms with E-state index in [2.05, 4.69) is 5.32 Å². The molecule has 1 saturated heterocycles. The molecule has 1 heterocycles. The Balaban J connectivity index is 1.98. The Morgan fingerprint density at radius 3 is 2.92 bits per heavy atom. The van der Waals surface area contributed by atoms with E-state index in [-0.39, 0.29) is 6.17 Å². The SMILES string of the molecule is NC(N)CCCC1COCCN1. The van der Waals surface area contributed by atoms with Gasteiger partial charge in [0.15, 0.2) is 0 Å². The molecule has 1 fully saturated rings. The first-order valence-corrected chi connectivity index (χ1v) is 4.61. The van der Waals surface area contributed by atoms with E-state index < -0.39 is 0 Å². The fourth-order valence-electron chi connectivity index (χ4n) is 1.41. The fraction of sp³-hybridized carbons (Fsp3) is 1.00. The second kappa shape index (κ2) is 5.48. The highest BCUT2D eigenvalue weighted by Crippen LogP contribution is 2.04. The molecule has 0 aromatic carbocycles. The van der Waals surface area contributed by atoms with E-state index in [4.69, 9.17) is 16.2 Å². The highest BCUT2D eigenvalue weighted by atomic mass is 16.5. The zero-order valence-electron chi connectivity index (χ0n) is 7.46. The Bertz CT molecular complexity index is 113. The van der Waals surface area contributed by atoms with E-state index in [0.29, 0.717) is 6.04 Å². The van der Waals surface area contributed by atoms with Gasteiger partial charge in [0, 0.05) is 12.6 Å². The van der Waals surface area contributed by atoms with Crippen molar-refractivity contribution in [1.82, 2.24) is 5.32 Å². The van der Waals surface area contributed by atoms with E-state index in [1.807, 2.05) is 0 Å². The number of nitrogens with one attached hydrogen (secondary N) is 1. The van der Waals surface area contributed by atoms with E-state index in [0.717, 1.165) is 39.0 Å². The highest BCUT2D eigenvalue weighted by Gasteiger charge is 2.11. The van der Waals surface area contributed by atoms with Crippen LogP contribution in [0.2, 0.25) is 0 Å². The summed E-state index contributed by atoms with van der Waals surface area (Å²) in [6, 6.07) is 0.512. The minimum Gasteiger partial charge on any atom is -0.379 e. The molecule has 1 aliphatic rings. The smallest absolute Gasteiger partial charge is 0.0620 e. The van der Waals surface area contributed by atoms with Crippen LogP contribution in [0.3, 0.4) is 0 Å². The minimum absolute atomic E-state index is 0.158. The average molecular weight is 173 g/mol. The summed E-state index contributed by atoms with van der Waals surface area (Å²) >= 11 is 0. The van der Waals surface area contributed by atoms with Crippen LogP contribution in [0.1, 0.15) is 19.3 Å². The Morgan fingerprint density at radius 2 is 2.33 bits per heavy atom. The van der Waals surface area contributed by atoms with Gasteiger partial charge in [-0.1, -0.05) is 0 Å². The number of hydrogen-bond donors (Lipinski definition) is 3. The number of morpholine rings is 1. The molecule has 0 aromatic rings. The van der Waals surface area contributed by atoms with Crippen LogP contribution in [-0.2, 0) is 4.74 Å².